The zero-order valence-corrected chi connectivity index (χ0v) is 20.5. The van der Waals surface area contributed by atoms with Crippen LogP contribution in [0.15, 0.2) is 41.5 Å². The Morgan fingerprint density at radius 2 is 1.97 bits per heavy atom. The number of aliphatic hydroxyl groups is 1. The fourth-order valence-corrected chi connectivity index (χ4v) is 4.87. The summed E-state index contributed by atoms with van der Waals surface area (Å²) in [4.78, 5) is 33.4. The highest BCUT2D eigenvalue weighted by Crippen LogP contribution is 2.30. The molecule has 0 fully saturated rings. The first kappa shape index (κ1) is 24.8. The number of carbonyl (C=O) groups is 1. The van der Waals surface area contributed by atoms with Crippen molar-refractivity contribution in [3.63, 3.8) is 0 Å². The van der Waals surface area contributed by atoms with Gasteiger partial charge in [0.25, 0.3) is 5.91 Å². The van der Waals surface area contributed by atoms with Gasteiger partial charge in [-0.25, -0.2) is 9.78 Å². The fourth-order valence-electron chi connectivity index (χ4n) is 3.98. The highest BCUT2D eigenvalue weighted by molar-refractivity contribution is 7.17. The molecule has 5 rings (SSSR count). The number of aromatic nitrogens is 6. The highest BCUT2D eigenvalue weighted by atomic mass is 32.1. The van der Waals surface area contributed by atoms with Gasteiger partial charge in [-0.3, -0.25) is 19.8 Å². The van der Waals surface area contributed by atoms with E-state index in [-0.39, 0.29) is 29.9 Å². The maximum absolute atomic E-state index is 13.1. The second-order valence-electron chi connectivity index (χ2n) is 9.24. The Hall–Kier alpha value is -3.91. The van der Waals surface area contributed by atoms with Crippen LogP contribution in [0.4, 0.5) is 19.1 Å². The van der Waals surface area contributed by atoms with E-state index in [1.807, 2.05) is 0 Å². The van der Waals surface area contributed by atoms with Crippen molar-refractivity contribution in [3.05, 3.63) is 52.0 Å². The molecule has 0 bridgehead atoms. The first-order valence-corrected chi connectivity index (χ1v) is 12.0. The molecule has 4 aromatic heterocycles. The van der Waals surface area contributed by atoms with Crippen molar-refractivity contribution in [2.75, 3.05) is 5.32 Å². The number of nitrogens with zero attached hydrogens (tertiary/aromatic N) is 4. The van der Waals surface area contributed by atoms with E-state index in [9.17, 15) is 27.9 Å². The number of hydrogen-bond acceptors (Lipinski definition) is 6. The molecule has 0 unspecified atom stereocenters. The number of hydrogen-bond donors (Lipinski definition) is 4. The van der Waals surface area contributed by atoms with E-state index in [1.54, 1.807) is 42.9 Å². The lowest BCUT2D eigenvalue weighted by molar-refractivity contribution is -0.140. The van der Waals surface area contributed by atoms with Gasteiger partial charge < -0.3 is 14.7 Å². The van der Waals surface area contributed by atoms with Crippen molar-refractivity contribution < 1.29 is 23.1 Å². The summed E-state index contributed by atoms with van der Waals surface area (Å²) in [6.45, 7) is 2.01. The largest absolute Gasteiger partial charge is 0.406 e. The van der Waals surface area contributed by atoms with Gasteiger partial charge in [-0.15, -0.1) is 11.3 Å². The van der Waals surface area contributed by atoms with Gasteiger partial charge in [-0.1, -0.05) is 0 Å². The maximum atomic E-state index is 13.1. The Balaban J connectivity index is 1.55. The van der Waals surface area contributed by atoms with Crippen molar-refractivity contribution in [1.82, 2.24) is 29.3 Å². The lowest BCUT2D eigenvalue weighted by atomic mass is 10.1. The van der Waals surface area contributed by atoms with E-state index in [0.29, 0.717) is 20.5 Å². The number of anilines is 1. The number of benzene rings is 1. The molecule has 37 heavy (non-hydrogen) atoms. The Morgan fingerprint density at radius 3 is 2.65 bits per heavy atom. The molecule has 0 saturated carbocycles. The van der Waals surface area contributed by atoms with Crippen LogP contribution in [-0.4, -0.2) is 52.1 Å². The minimum atomic E-state index is -4.59. The molecule has 0 aliphatic carbocycles. The highest BCUT2D eigenvalue weighted by Gasteiger charge is 2.30. The Bertz CT molecular complexity index is 1650. The van der Waals surface area contributed by atoms with Crippen molar-refractivity contribution >= 4 is 45.3 Å². The second kappa shape index (κ2) is 8.88. The van der Waals surface area contributed by atoms with E-state index >= 15 is 0 Å². The summed E-state index contributed by atoms with van der Waals surface area (Å²) in [5.41, 5.74) is -0.0859. The zero-order chi connectivity index (χ0) is 26.5. The number of nitrogens with one attached hydrogen (secondary N) is 3. The Morgan fingerprint density at radius 1 is 1.19 bits per heavy atom. The third-order valence-corrected chi connectivity index (χ3v) is 6.90. The SMILES string of the molecule is CC(C)(O)CCn1c(NC(=O)c2ccc(-c3cn[nH]c3)s2)nc2cc3[nH]c(=O)n(CC(F)(F)F)c3cc21. The Labute approximate surface area is 210 Å². The summed E-state index contributed by atoms with van der Waals surface area (Å²) >= 11 is 1.26. The summed E-state index contributed by atoms with van der Waals surface area (Å²) in [6.07, 6.45) is -0.969. The van der Waals surface area contributed by atoms with E-state index < -0.39 is 29.9 Å². The number of fused-ring (bicyclic) bond motifs is 2. The third kappa shape index (κ3) is 5.15. The van der Waals surface area contributed by atoms with Gasteiger partial charge in [0, 0.05) is 23.2 Å². The average Bonchev–Trinajstić information content (AvgIpc) is 3.56. The van der Waals surface area contributed by atoms with Crippen LogP contribution in [0.25, 0.3) is 32.5 Å². The zero-order valence-electron chi connectivity index (χ0n) is 19.7. The number of imidazole rings is 2. The lowest BCUT2D eigenvalue weighted by Crippen LogP contribution is -2.26. The number of alkyl halides is 3. The molecular weight excluding hydrogens is 511 g/mol. The van der Waals surface area contributed by atoms with Crippen LogP contribution in [0.1, 0.15) is 29.9 Å². The van der Waals surface area contributed by atoms with Gasteiger partial charge in [-0.05, 0) is 44.5 Å². The molecule has 10 nitrogen and oxygen atoms in total. The van der Waals surface area contributed by atoms with Crippen molar-refractivity contribution in [1.29, 1.82) is 0 Å². The molecule has 1 amide bonds. The summed E-state index contributed by atoms with van der Waals surface area (Å²) in [7, 11) is 0. The Kier molecular flexibility index (Phi) is 5.95. The molecule has 0 atom stereocenters. The van der Waals surface area contributed by atoms with E-state index in [2.05, 4.69) is 25.5 Å². The van der Waals surface area contributed by atoms with Crippen LogP contribution < -0.4 is 11.0 Å². The molecule has 0 aliphatic heterocycles. The molecule has 14 heteroatoms. The average molecular weight is 534 g/mol. The molecular formula is C23H22F3N7O3S. The van der Waals surface area contributed by atoms with Gasteiger partial charge in [0.15, 0.2) is 0 Å². The van der Waals surface area contributed by atoms with Gasteiger partial charge in [0.05, 0.1) is 38.7 Å². The standard InChI is InChI=1S/C23H22F3N7O3S/c1-22(2,36)5-6-32-15-8-16-14(30-21(35)33(16)11-23(24,25)26)7-13(15)29-20(32)31-19(34)18-4-3-17(37-18)12-9-27-28-10-12/h3-4,7-10,36H,5-6,11H2,1-2H3,(H,27,28)(H,30,35)(H,29,31,34). The molecule has 4 N–H and O–H groups in total. The van der Waals surface area contributed by atoms with Crippen molar-refractivity contribution in [3.8, 4) is 10.4 Å². The van der Waals surface area contributed by atoms with E-state index in [1.165, 1.54) is 23.5 Å². The number of amides is 1. The topological polar surface area (TPSA) is 134 Å². The molecule has 1 aromatic carbocycles. The smallest absolute Gasteiger partial charge is 0.390 e. The monoisotopic (exact) mass is 533 g/mol. The van der Waals surface area contributed by atoms with Crippen LogP contribution in [0.3, 0.4) is 0 Å². The molecule has 0 saturated heterocycles. The van der Waals surface area contributed by atoms with Gasteiger partial charge in [0.2, 0.25) is 5.95 Å². The third-order valence-electron chi connectivity index (χ3n) is 5.77. The van der Waals surface area contributed by atoms with Crippen LogP contribution in [-0.2, 0) is 13.1 Å². The maximum Gasteiger partial charge on any atom is 0.406 e. The molecule has 0 spiro atoms. The lowest BCUT2D eigenvalue weighted by Gasteiger charge is -2.18. The number of halogens is 3. The van der Waals surface area contributed by atoms with Crippen molar-refractivity contribution in [2.24, 2.45) is 0 Å². The normalized spacial score (nSPS) is 12.6. The summed E-state index contributed by atoms with van der Waals surface area (Å²) in [6, 6.07) is 6.37. The van der Waals surface area contributed by atoms with Crippen LogP contribution in [0, 0.1) is 0 Å². The van der Waals surface area contributed by atoms with Gasteiger partial charge >= 0.3 is 11.9 Å². The summed E-state index contributed by atoms with van der Waals surface area (Å²) < 4.78 is 41.5. The number of rotatable bonds is 7. The first-order chi connectivity index (χ1) is 17.4. The fraction of sp³-hybridized carbons (Fsp3) is 0.304. The molecule has 194 valence electrons. The summed E-state index contributed by atoms with van der Waals surface area (Å²) in [5.74, 6) is -0.251. The number of aromatic amines is 2. The number of H-pyrrole nitrogens is 2. The minimum Gasteiger partial charge on any atom is -0.390 e. The molecule has 0 radical (unpaired) electrons. The predicted octanol–water partition coefficient (Wildman–Crippen LogP) is 4.11. The van der Waals surface area contributed by atoms with E-state index in [0.717, 1.165) is 10.4 Å². The number of thiophene rings is 1. The second-order valence-corrected chi connectivity index (χ2v) is 10.3. The van der Waals surface area contributed by atoms with E-state index in [4.69, 9.17) is 0 Å². The van der Waals surface area contributed by atoms with Crippen LogP contribution in [0.2, 0.25) is 0 Å². The predicted molar refractivity (Wildman–Crippen MR) is 133 cm³/mol. The number of carbonyl (C=O) groups excluding carboxylic acids is 1. The quantitative estimate of drug-likeness (QED) is 0.250. The number of aryl methyl sites for hydroxylation is 1. The van der Waals surface area contributed by atoms with Gasteiger partial charge in [0.1, 0.15) is 6.54 Å². The summed E-state index contributed by atoms with van der Waals surface area (Å²) in [5, 5.41) is 19.7. The molecule has 4 heterocycles. The van der Waals surface area contributed by atoms with Crippen LogP contribution in [0.5, 0.6) is 0 Å². The molecule has 0 aliphatic rings. The van der Waals surface area contributed by atoms with Crippen LogP contribution >= 0.6 is 11.3 Å². The van der Waals surface area contributed by atoms with Crippen molar-refractivity contribution in [2.45, 2.75) is 45.1 Å². The molecule has 5 aromatic rings. The van der Waals surface area contributed by atoms with Gasteiger partial charge in [-0.2, -0.15) is 18.3 Å². The minimum absolute atomic E-state index is 0.0557. The first-order valence-electron chi connectivity index (χ1n) is 11.2.